The van der Waals surface area contributed by atoms with Crippen molar-refractivity contribution in [1.29, 1.82) is 0 Å². The standard InChI is InChI=1S/C17H29NO2/c1-7-17(4,5)20-12-15(18-8-2)14-11-13(3)9-10-16(14)19-6/h9-11,15,18H,7-8,12H2,1-6H3. The van der Waals surface area contributed by atoms with Gasteiger partial charge in [0.25, 0.3) is 0 Å². The summed E-state index contributed by atoms with van der Waals surface area (Å²) in [5.41, 5.74) is 2.31. The third-order valence-corrected chi connectivity index (χ3v) is 3.70. The van der Waals surface area contributed by atoms with Crippen LogP contribution >= 0.6 is 0 Å². The Hall–Kier alpha value is -1.06. The van der Waals surface area contributed by atoms with Gasteiger partial charge in [-0.3, -0.25) is 0 Å². The van der Waals surface area contributed by atoms with E-state index in [2.05, 4.69) is 52.1 Å². The molecule has 0 bridgehead atoms. The van der Waals surface area contributed by atoms with Gasteiger partial charge < -0.3 is 14.8 Å². The van der Waals surface area contributed by atoms with E-state index in [1.807, 2.05) is 6.07 Å². The van der Waals surface area contributed by atoms with E-state index >= 15 is 0 Å². The molecule has 1 N–H and O–H groups in total. The molecule has 20 heavy (non-hydrogen) atoms. The van der Waals surface area contributed by atoms with Crippen LogP contribution in [0.25, 0.3) is 0 Å². The zero-order chi connectivity index (χ0) is 15.2. The highest BCUT2D eigenvalue weighted by Gasteiger charge is 2.21. The molecule has 0 radical (unpaired) electrons. The fraction of sp³-hybridized carbons (Fsp3) is 0.647. The fourth-order valence-electron chi connectivity index (χ4n) is 2.04. The zero-order valence-electron chi connectivity index (χ0n) is 13.7. The molecule has 0 aromatic heterocycles. The van der Waals surface area contributed by atoms with Gasteiger partial charge in [-0.1, -0.05) is 31.5 Å². The quantitative estimate of drug-likeness (QED) is 0.784. The first-order valence-corrected chi connectivity index (χ1v) is 7.45. The van der Waals surface area contributed by atoms with E-state index in [1.165, 1.54) is 11.1 Å². The topological polar surface area (TPSA) is 30.5 Å². The Morgan fingerprint density at radius 1 is 1.25 bits per heavy atom. The lowest BCUT2D eigenvalue weighted by Gasteiger charge is -2.28. The van der Waals surface area contributed by atoms with E-state index in [4.69, 9.17) is 9.47 Å². The smallest absolute Gasteiger partial charge is 0.123 e. The Kier molecular flexibility index (Phi) is 6.50. The number of benzene rings is 1. The first-order chi connectivity index (χ1) is 9.43. The van der Waals surface area contributed by atoms with Crippen molar-refractivity contribution < 1.29 is 9.47 Å². The molecule has 0 saturated carbocycles. The molecule has 0 aliphatic carbocycles. The Bertz CT molecular complexity index is 415. The van der Waals surface area contributed by atoms with E-state index in [9.17, 15) is 0 Å². The average Bonchev–Trinajstić information content (AvgIpc) is 2.43. The summed E-state index contributed by atoms with van der Waals surface area (Å²) in [5, 5.41) is 3.49. The van der Waals surface area contributed by atoms with Gasteiger partial charge in [0.2, 0.25) is 0 Å². The van der Waals surface area contributed by atoms with Gasteiger partial charge in [-0.2, -0.15) is 0 Å². The highest BCUT2D eigenvalue weighted by molar-refractivity contribution is 5.39. The van der Waals surface area contributed by atoms with E-state index in [0.29, 0.717) is 6.61 Å². The van der Waals surface area contributed by atoms with Crippen molar-refractivity contribution in [2.75, 3.05) is 20.3 Å². The molecule has 114 valence electrons. The number of hydrogen-bond acceptors (Lipinski definition) is 3. The molecule has 0 aliphatic rings. The minimum absolute atomic E-state index is 0.0925. The van der Waals surface area contributed by atoms with Crippen molar-refractivity contribution in [2.45, 2.75) is 52.7 Å². The van der Waals surface area contributed by atoms with Crippen LogP contribution in [0.2, 0.25) is 0 Å². The van der Waals surface area contributed by atoms with Gasteiger partial charge in [0, 0.05) is 5.56 Å². The molecule has 0 fully saturated rings. The second-order valence-electron chi connectivity index (χ2n) is 5.78. The molecule has 0 saturated heterocycles. The van der Waals surface area contributed by atoms with Crippen LogP contribution in [0.15, 0.2) is 18.2 Å². The first kappa shape index (κ1) is 17.0. The van der Waals surface area contributed by atoms with Gasteiger partial charge in [0.15, 0.2) is 0 Å². The zero-order valence-corrected chi connectivity index (χ0v) is 13.7. The number of hydrogen-bond donors (Lipinski definition) is 1. The molecular weight excluding hydrogens is 250 g/mol. The molecule has 1 atom stereocenters. The maximum atomic E-state index is 6.07. The van der Waals surface area contributed by atoms with Gasteiger partial charge in [-0.05, 0) is 39.8 Å². The Labute approximate surface area is 123 Å². The fourth-order valence-corrected chi connectivity index (χ4v) is 2.04. The lowest BCUT2D eigenvalue weighted by atomic mass is 10.0. The van der Waals surface area contributed by atoms with Crippen molar-refractivity contribution in [2.24, 2.45) is 0 Å². The van der Waals surface area contributed by atoms with Gasteiger partial charge in [0.1, 0.15) is 5.75 Å². The second kappa shape index (κ2) is 7.65. The summed E-state index contributed by atoms with van der Waals surface area (Å²) in [6, 6.07) is 6.43. The largest absolute Gasteiger partial charge is 0.496 e. The number of aryl methyl sites for hydroxylation is 1. The van der Waals surface area contributed by atoms with E-state index in [-0.39, 0.29) is 11.6 Å². The number of ether oxygens (including phenoxy) is 2. The molecular formula is C17H29NO2. The normalized spacial score (nSPS) is 13.3. The number of rotatable bonds is 8. The molecule has 1 aromatic carbocycles. The van der Waals surface area contributed by atoms with Crippen molar-refractivity contribution in [3.8, 4) is 5.75 Å². The second-order valence-corrected chi connectivity index (χ2v) is 5.78. The third-order valence-electron chi connectivity index (χ3n) is 3.70. The molecule has 1 aromatic rings. The monoisotopic (exact) mass is 279 g/mol. The van der Waals surface area contributed by atoms with Crippen molar-refractivity contribution in [1.82, 2.24) is 5.32 Å². The summed E-state index contributed by atoms with van der Waals surface area (Å²) in [7, 11) is 1.72. The van der Waals surface area contributed by atoms with Crippen molar-refractivity contribution in [3.63, 3.8) is 0 Å². The molecule has 0 heterocycles. The molecule has 1 rings (SSSR count). The number of nitrogens with one attached hydrogen (secondary N) is 1. The number of methoxy groups -OCH3 is 1. The number of likely N-dealkylation sites (N-methyl/N-ethyl adjacent to an activating group) is 1. The van der Waals surface area contributed by atoms with Gasteiger partial charge in [-0.25, -0.2) is 0 Å². The Morgan fingerprint density at radius 3 is 2.50 bits per heavy atom. The van der Waals surface area contributed by atoms with Crippen LogP contribution in [0.4, 0.5) is 0 Å². The summed E-state index contributed by atoms with van der Waals surface area (Å²) in [4.78, 5) is 0. The predicted molar refractivity (Wildman–Crippen MR) is 84.5 cm³/mol. The highest BCUT2D eigenvalue weighted by Crippen LogP contribution is 2.28. The van der Waals surface area contributed by atoms with Gasteiger partial charge in [0.05, 0.1) is 25.4 Å². The van der Waals surface area contributed by atoms with Gasteiger partial charge >= 0.3 is 0 Å². The maximum Gasteiger partial charge on any atom is 0.123 e. The van der Waals surface area contributed by atoms with Crippen molar-refractivity contribution >= 4 is 0 Å². The lowest BCUT2D eigenvalue weighted by Crippen LogP contribution is -2.32. The summed E-state index contributed by atoms with van der Waals surface area (Å²) in [5.74, 6) is 0.916. The molecule has 3 nitrogen and oxygen atoms in total. The molecule has 0 spiro atoms. The molecule has 0 aliphatic heterocycles. The van der Waals surface area contributed by atoms with Crippen LogP contribution in [-0.2, 0) is 4.74 Å². The van der Waals surface area contributed by atoms with Crippen LogP contribution < -0.4 is 10.1 Å². The summed E-state index contributed by atoms with van der Waals surface area (Å²) < 4.78 is 11.6. The highest BCUT2D eigenvalue weighted by atomic mass is 16.5. The average molecular weight is 279 g/mol. The summed E-state index contributed by atoms with van der Waals surface area (Å²) in [6.45, 7) is 12.2. The van der Waals surface area contributed by atoms with E-state index in [0.717, 1.165) is 18.7 Å². The van der Waals surface area contributed by atoms with Crippen LogP contribution in [0.3, 0.4) is 0 Å². The van der Waals surface area contributed by atoms with Crippen LogP contribution in [0.1, 0.15) is 51.3 Å². The summed E-state index contributed by atoms with van der Waals surface area (Å²) >= 11 is 0. The van der Waals surface area contributed by atoms with E-state index < -0.39 is 0 Å². The van der Waals surface area contributed by atoms with Crippen LogP contribution in [0, 0.1) is 6.92 Å². The van der Waals surface area contributed by atoms with E-state index in [1.54, 1.807) is 7.11 Å². The van der Waals surface area contributed by atoms with Gasteiger partial charge in [-0.15, -0.1) is 0 Å². The SMILES string of the molecule is CCNC(COC(C)(C)CC)c1cc(C)ccc1OC. The van der Waals surface area contributed by atoms with Crippen molar-refractivity contribution in [3.05, 3.63) is 29.3 Å². The lowest BCUT2D eigenvalue weighted by molar-refractivity contribution is -0.0308. The first-order valence-electron chi connectivity index (χ1n) is 7.45. The van der Waals surface area contributed by atoms with Crippen LogP contribution in [-0.4, -0.2) is 25.9 Å². The predicted octanol–water partition coefficient (Wildman–Crippen LogP) is 3.86. The maximum absolute atomic E-state index is 6.07. The molecule has 0 amide bonds. The Balaban J connectivity index is 2.92. The minimum Gasteiger partial charge on any atom is -0.496 e. The molecule has 3 heteroatoms. The third kappa shape index (κ3) is 4.80. The Morgan fingerprint density at radius 2 is 1.95 bits per heavy atom. The van der Waals surface area contributed by atoms with Crippen LogP contribution in [0.5, 0.6) is 5.75 Å². The molecule has 1 unspecified atom stereocenters. The minimum atomic E-state index is -0.0925. The summed E-state index contributed by atoms with van der Waals surface area (Å²) in [6.07, 6.45) is 0.997.